The summed E-state index contributed by atoms with van der Waals surface area (Å²) >= 11 is -0.921. The lowest BCUT2D eigenvalue weighted by Gasteiger charge is -2.26. The third-order valence-corrected chi connectivity index (χ3v) is 5.40. The molecule has 0 aromatic heterocycles. The van der Waals surface area contributed by atoms with E-state index in [1.165, 1.54) is 12.1 Å². The molecule has 0 unspecified atom stereocenters. The van der Waals surface area contributed by atoms with Gasteiger partial charge in [-0.05, 0) is 41.3 Å². The summed E-state index contributed by atoms with van der Waals surface area (Å²) in [7, 11) is 0. The fraction of sp³-hybridized carbons (Fsp3) is 0.217. The zero-order chi connectivity index (χ0) is 23.3. The molecule has 1 aliphatic rings. The third kappa shape index (κ3) is 4.18. The molecule has 0 fully saturated rings. The van der Waals surface area contributed by atoms with Crippen LogP contribution in [0, 0.1) is 0 Å². The Bertz CT molecular complexity index is 1190. The van der Waals surface area contributed by atoms with Crippen molar-refractivity contribution in [1.29, 1.82) is 0 Å². The number of hydrogen-bond donors (Lipinski definition) is 0. The van der Waals surface area contributed by atoms with Crippen LogP contribution in [0.15, 0.2) is 54.6 Å². The van der Waals surface area contributed by atoms with Gasteiger partial charge in [0.15, 0.2) is 0 Å². The number of ether oxygens (including phenoxy) is 1. The van der Waals surface area contributed by atoms with Crippen molar-refractivity contribution in [3.63, 3.8) is 0 Å². The first kappa shape index (κ1) is 22.2. The molecule has 9 heteroatoms. The summed E-state index contributed by atoms with van der Waals surface area (Å²) in [5.74, 6) is -0.972. The van der Waals surface area contributed by atoms with Crippen LogP contribution in [-0.2, 0) is 9.70 Å². The molecule has 0 N–H and O–H groups in total. The largest absolute Gasteiger partial charge is 0.470 e. The van der Waals surface area contributed by atoms with Crippen LogP contribution in [0.25, 0.3) is 10.8 Å². The minimum atomic E-state index is -4.77. The van der Waals surface area contributed by atoms with E-state index >= 15 is 0 Å². The first-order valence-corrected chi connectivity index (χ1v) is 10.4. The highest BCUT2D eigenvalue weighted by molar-refractivity contribution is 7.95. The van der Waals surface area contributed by atoms with E-state index in [1.807, 2.05) is 24.3 Å². The zero-order valence-corrected chi connectivity index (χ0v) is 18.1. The summed E-state index contributed by atoms with van der Waals surface area (Å²) in [4.78, 5) is 25.4. The molecule has 3 aromatic rings. The summed E-state index contributed by atoms with van der Waals surface area (Å²) < 4.78 is 48.0. The first-order chi connectivity index (χ1) is 15.0. The van der Waals surface area contributed by atoms with Crippen LogP contribution in [0.3, 0.4) is 0 Å². The predicted molar refractivity (Wildman–Crippen MR) is 114 cm³/mol. The van der Waals surface area contributed by atoms with Gasteiger partial charge < -0.3 is 4.74 Å². The van der Waals surface area contributed by atoms with Gasteiger partial charge in [-0.3, -0.25) is 9.59 Å². The molecule has 166 valence electrons. The van der Waals surface area contributed by atoms with Crippen LogP contribution in [0.2, 0.25) is 0 Å². The average Bonchev–Trinajstić information content (AvgIpc) is 2.71. The minimum Gasteiger partial charge on any atom is -0.457 e. The van der Waals surface area contributed by atoms with Crippen molar-refractivity contribution < 1.29 is 31.8 Å². The summed E-state index contributed by atoms with van der Waals surface area (Å²) in [6.45, 7) is 6.30. The summed E-state index contributed by atoms with van der Waals surface area (Å²) in [5, 5.41) is 0.925. The molecular formula is C23H18F3NO4S. The maximum absolute atomic E-state index is 12.7. The van der Waals surface area contributed by atoms with Crippen LogP contribution in [0.4, 0.5) is 13.2 Å². The van der Waals surface area contributed by atoms with Crippen molar-refractivity contribution >= 4 is 34.6 Å². The van der Waals surface area contributed by atoms with E-state index in [4.69, 9.17) is 4.74 Å². The zero-order valence-electron chi connectivity index (χ0n) is 17.3. The maximum Gasteiger partial charge on any atom is 0.470 e. The lowest BCUT2D eigenvalue weighted by atomic mass is 9.87. The van der Waals surface area contributed by atoms with Crippen LogP contribution < -0.4 is 4.74 Å². The van der Waals surface area contributed by atoms with Crippen molar-refractivity contribution in [2.45, 2.75) is 31.7 Å². The van der Waals surface area contributed by atoms with E-state index in [0.717, 1.165) is 5.56 Å². The third-order valence-electron chi connectivity index (χ3n) is 4.98. The number of benzene rings is 3. The molecular weight excluding hydrogens is 443 g/mol. The molecule has 0 saturated carbocycles. The summed E-state index contributed by atoms with van der Waals surface area (Å²) in [6, 6.07) is 15.2. The molecule has 5 nitrogen and oxygen atoms in total. The highest BCUT2D eigenvalue weighted by atomic mass is 32.2. The number of rotatable bonds is 4. The fourth-order valence-electron chi connectivity index (χ4n) is 3.43. The highest BCUT2D eigenvalue weighted by Crippen LogP contribution is 2.39. The van der Waals surface area contributed by atoms with Gasteiger partial charge in [0.1, 0.15) is 23.5 Å². The van der Waals surface area contributed by atoms with E-state index in [1.54, 1.807) is 18.2 Å². The van der Waals surface area contributed by atoms with Crippen LogP contribution in [0.5, 0.6) is 11.5 Å². The van der Waals surface area contributed by atoms with Gasteiger partial charge in [0, 0.05) is 10.8 Å². The number of hydroxylamine groups is 2. The SMILES string of the molecule is CC(C)(C)c1ccc(Oc2ccc3c4c(cccc24)C(=O)N(OSC(F)(F)F)C3=O)cc1. The molecule has 4 rings (SSSR count). The van der Waals surface area contributed by atoms with Gasteiger partial charge in [-0.2, -0.15) is 17.5 Å². The number of amides is 2. The number of halogens is 3. The van der Waals surface area contributed by atoms with E-state index in [-0.39, 0.29) is 21.6 Å². The number of carbonyl (C=O) groups excluding carboxylic acids is 2. The molecule has 0 bridgehead atoms. The number of carbonyl (C=O) groups is 2. The first-order valence-electron chi connectivity index (χ1n) is 9.61. The Balaban J connectivity index is 1.70. The molecule has 3 aromatic carbocycles. The molecule has 2 amide bonds. The second kappa shape index (κ2) is 7.83. The summed E-state index contributed by atoms with van der Waals surface area (Å²) in [5.41, 5.74) is -3.55. The summed E-state index contributed by atoms with van der Waals surface area (Å²) in [6.07, 6.45) is 0. The van der Waals surface area contributed by atoms with Gasteiger partial charge in [0.2, 0.25) is 0 Å². The number of alkyl halides is 3. The molecule has 0 atom stereocenters. The van der Waals surface area contributed by atoms with Crippen molar-refractivity contribution in [2.24, 2.45) is 0 Å². The Hall–Kier alpha value is -3.04. The van der Waals surface area contributed by atoms with Gasteiger partial charge >= 0.3 is 5.51 Å². The quantitative estimate of drug-likeness (QED) is 0.323. The fourth-order valence-corrected chi connectivity index (χ4v) is 3.73. The average molecular weight is 461 g/mol. The Kier molecular flexibility index (Phi) is 5.42. The lowest BCUT2D eigenvalue weighted by Crippen LogP contribution is -2.39. The van der Waals surface area contributed by atoms with E-state index in [0.29, 0.717) is 22.3 Å². The van der Waals surface area contributed by atoms with Crippen molar-refractivity contribution in [3.05, 3.63) is 71.3 Å². The van der Waals surface area contributed by atoms with E-state index < -0.39 is 29.4 Å². The smallest absolute Gasteiger partial charge is 0.457 e. The van der Waals surface area contributed by atoms with E-state index in [9.17, 15) is 22.8 Å². The van der Waals surface area contributed by atoms with Gasteiger partial charge in [-0.25, -0.2) is 0 Å². The van der Waals surface area contributed by atoms with Gasteiger partial charge in [-0.1, -0.05) is 45.0 Å². The molecule has 0 saturated heterocycles. The molecule has 0 spiro atoms. The lowest BCUT2D eigenvalue weighted by molar-refractivity contribution is -0.0570. The van der Waals surface area contributed by atoms with Crippen LogP contribution >= 0.6 is 12.0 Å². The number of nitrogens with zero attached hydrogens (tertiary/aromatic N) is 1. The minimum absolute atomic E-state index is 0.0160. The molecule has 1 aliphatic heterocycles. The number of imide groups is 1. The van der Waals surface area contributed by atoms with Gasteiger partial charge in [-0.15, -0.1) is 5.06 Å². The highest BCUT2D eigenvalue weighted by Gasteiger charge is 2.39. The van der Waals surface area contributed by atoms with E-state index in [2.05, 4.69) is 25.1 Å². The maximum atomic E-state index is 12.7. The Morgan fingerprint density at radius 3 is 2.06 bits per heavy atom. The van der Waals surface area contributed by atoms with Crippen LogP contribution in [0.1, 0.15) is 47.1 Å². The van der Waals surface area contributed by atoms with Crippen molar-refractivity contribution in [1.82, 2.24) is 5.06 Å². The van der Waals surface area contributed by atoms with Crippen molar-refractivity contribution in [2.75, 3.05) is 0 Å². The Morgan fingerprint density at radius 2 is 1.47 bits per heavy atom. The standard InChI is InChI=1S/C23H18F3NO4S/c1-22(2,3)13-7-9-14(10-8-13)30-18-12-11-17-19-15(18)5-4-6-16(19)20(28)27(21(17)29)31-32-23(24,25)26/h4-12H,1-3H3. The number of hydrogen-bond acceptors (Lipinski definition) is 5. The van der Waals surface area contributed by atoms with Crippen LogP contribution in [-0.4, -0.2) is 22.4 Å². The van der Waals surface area contributed by atoms with Gasteiger partial charge in [0.25, 0.3) is 11.8 Å². The monoisotopic (exact) mass is 461 g/mol. The second-order valence-electron chi connectivity index (χ2n) is 8.22. The Morgan fingerprint density at radius 1 is 0.844 bits per heavy atom. The van der Waals surface area contributed by atoms with Crippen molar-refractivity contribution in [3.8, 4) is 11.5 Å². The molecule has 0 aliphatic carbocycles. The topological polar surface area (TPSA) is 55.8 Å². The second-order valence-corrected chi connectivity index (χ2v) is 9.00. The Labute approximate surface area is 186 Å². The van der Waals surface area contributed by atoms with Gasteiger partial charge in [0.05, 0.1) is 11.1 Å². The molecule has 1 heterocycles. The normalized spacial score (nSPS) is 14.2. The molecule has 0 radical (unpaired) electrons. The molecule has 32 heavy (non-hydrogen) atoms. The predicted octanol–water partition coefficient (Wildman–Crippen LogP) is 6.63.